The van der Waals surface area contributed by atoms with E-state index < -0.39 is 6.10 Å². The maximum Gasteiger partial charge on any atom is 0.261 e. The van der Waals surface area contributed by atoms with Crippen molar-refractivity contribution in [1.29, 1.82) is 0 Å². The van der Waals surface area contributed by atoms with E-state index in [1.165, 1.54) is 10.9 Å². The molecule has 1 aliphatic rings. The summed E-state index contributed by atoms with van der Waals surface area (Å²) in [6.45, 7) is 2.56. The highest BCUT2D eigenvalue weighted by Gasteiger charge is 2.25. The van der Waals surface area contributed by atoms with Gasteiger partial charge in [-0.1, -0.05) is 11.6 Å². The van der Waals surface area contributed by atoms with Crippen molar-refractivity contribution >= 4 is 28.3 Å². The topological polar surface area (TPSA) is 84.2 Å². The van der Waals surface area contributed by atoms with Crippen molar-refractivity contribution in [1.82, 2.24) is 14.9 Å². The van der Waals surface area contributed by atoms with Crippen molar-refractivity contribution in [2.24, 2.45) is 0 Å². The van der Waals surface area contributed by atoms with Crippen LogP contribution in [0, 0.1) is 6.92 Å². The summed E-state index contributed by atoms with van der Waals surface area (Å²) < 4.78 is 1.31. The quantitative estimate of drug-likeness (QED) is 0.872. The zero-order chi connectivity index (χ0) is 17.3. The van der Waals surface area contributed by atoms with Gasteiger partial charge in [-0.05, 0) is 44.0 Å². The van der Waals surface area contributed by atoms with Crippen molar-refractivity contribution in [2.45, 2.75) is 44.9 Å². The normalized spacial score (nSPS) is 21.1. The number of benzene rings is 1. The van der Waals surface area contributed by atoms with E-state index in [1.54, 1.807) is 12.1 Å². The molecule has 2 aromatic rings. The summed E-state index contributed by atoms with van der Waals surface area (Å²) >= 11 is 6.05. The predicted molar refractivity (Wildman–Crippen MR) is 92.4 cm³/mol. The van der Waals surface area contributed by atoms with Gasteiger partial charge in [0.2, 0.25) is 0 Å². The Labute approximate surface area is 144 Å². The van der Waals surface area contributed by atoms with E-state index in [9.17, 15) is 14.7 Å². The number of aliphatic hydroxyl groups is 1. The van der Waals surface area contributed by atoms with Crippen LogP contribution in [0.25, 0.3) is 10.9 Å². The number of hydrogen-bond acceptors (Lipinski definition) is 5. The third-order valence-corrected chi connectivity index (χ3v) is 4.93. The first-order chi connectivity index (χ1) is 11.5. The fraction of sp³-hybridized carbons (Fsp3) is 0.471. The van der Waals surface area contributed by atoms with Gasteiger partial charge in [-0.2, -0.15) is 0 Å². The van der Waals surface area contributed by atoms with Crippen LogP contribution in [-0.2, 0) is 11.3 Å². The molecule has 0 aliphatic carbocycles. The van der Waals surface area contributed by atoms with Gasteiger partial charge >= 0.3 is 0 Å². The fourth-order valence-corrected chi connectivity index (χ4v) is 3.26. The zero-order valence-electron chi connectivity index (χ0n) is 13.5. The third-order valence-electron chi connectivity index (χ3n) is 4.52. The molecular weight excluding hydrogens is 330 g/mol. The van der Waals surface area contributed by atoms with Gasteiger partial charge in [0.15, 0.2) is 5.78 Å². The molecular formula is C17H20ClN3O3. The number of aromatic nitrogens is 2. The summed E-state index contributed by atoms with van der Waals surface area (Å²) in [6, 6.07) is 3.06. The second-order valence-corrected chi connectivity index (χ2v) is 6.67. The summed E-state index contributed by atoms with van der Waals surface area (Å²) in [7, 11) is 0. The number of aryl methyl sites for hydroxylation is 1. The SMILES string of the molecule is Cc1c(Cl)ccc2c(=O)n(CC(=O)C[C@H]3NCCC[C@@H]3O)cnc12. The molecule has 0 bridgehead atoms. The minimum absolute atomic E-state index is 0.0473. The van der Waals surface area contributed by atoms with Gasteiger partial charge in [0.05, 0.1) is 29.9 Å². The Balaban J connectivity index is 1.80. The minimum Gasteiger partial charge on any atom is -0.391 e. The molecule has 1 fully saturated rings. The maximum absolute atomic E-state index is 12.5. The Kier molecular flexibility index (Phi) is 4.99. The van der Waals surface area contributed by atoms with Crippen molar-refractivity contribution in [3.05, 3.63) is 39.4 Å². The molecule has 0 spiro atoms. The number of halogens is 1. The van der Waals surface area contributed by atoms with Crippen molar-refractivity contribution in [3.8, 4) is 0 Å². The van der Waals surface area contributed by atoms with Gasteiger partial charge in [0.1, 0.15) is 0 Å². The number of nitrogens with zero attached hydrogens (tertiary/aromatic N) is 2. The Bertz CT molecular complexity index is 834. The summed E-state index contributed by atoms with van der Waals surface area (Å²) in [5, 5.41) is 14.1. The lowest BCUT2D eigenvalue weighted by Crippen LogP contribution is -2.46. The minimum atomic E-state index is -0.515. The van der Waals surface area contributed by atoms with Crippen molar-refractivity contribution < 1.29 is 9.90 Å². The van der Waals surface area contributed by atoms with E-state index in [2.05, 4.69) is 10.3 Å². The monoisotopic (exact) mass is 349 g/mol. The van der Waals surface area contributed by atoms with E-state index in [-0.39, 0.29) is 30.3 Å². The Morgan fingerprint density at radius 2 is 2.29 bits per heavy atom. The van der Waals surface area contributed by atoms with Crippen LogP contribution in [0.5, 0.6) is 0 Å². The Hall–Kier alpha value is -1.76. The molecule has 3 rings (SSSR count). The third kappa shape index (κ3) is 3.36. The second-order valence-electron chi connectivity index (χ2n) is 6.26. The second kappa shape index (κ2) is 7.01. The molecule has 1 aromatic heterocycles. The highest BCUT2D eigenvalue weighted by molar-refractivity contribution is 6.32. The van der Waals surface area contributed by atoms with Gasteiger partial charge in [-0.25, -0.2) is 4.98 Å². The van der Waals surface area contributed by atoms with Gasteiger partial charge in [0.25, 0.3) is 5.56 Å². The van der Waals surface area contributed by atoms with Crippen LogP contribution in [0.3, 0.4) is 0 Å². The molecule has 2 heterocycles. The first-order valence-electron chi connectivity index (χ1n) is 8.05. The van der Waals surface area contributed by atoms with Crippen molar-refractivity contribution in [3.63, 3.8) is 0 Å². The highest BCUT2D eigenvalue weighted by Crippen LogP contribution is 2.21. The lowest BCUT2D eigenvalue weighted by molar-refractivity contribution is -0.121. The van der Waals surface area contributed by atoms with Gasteiger partial charge in [-0.3, -0.25) is 14.2 Å². The molecule has 2 N–H and O–H groups in total. The molecule has 0 unspecified atom stereocenters. The molecule has 1 aliphatic heterocycles. The molecule has 2 atom stereocenters. The molecule has 0 radical (unpaired) electrons. The molecule has 128 valence electrons. The van der Waals surface area contributed by atoms with Gasteiger partial charge in [-0.15, -0.1) is 0 Å². The van der Waals surface area contributed by atoms with E-state index in [0.717, 1.165) is 18.5 Å². The lowest BCUT2D eigenvalue weighted by atomic mass is 9.97. The van der Waals surface area contributed by atoms with Crippen molar-refractivity contribution in [2.75, 3.05) is 6.54 Å². The summed E-state index contributed by atoms with van der Waals surface area (Å²) in [5.41, 5.74) is 1.05. The summed E-state index contributed by atoms with van der Waals surface area (Å²) in [6.07, 6.45) is 2.67. The van der Waals surface area contributed by atoms with E-state index in [4.69, 9.17) is 11.6 Å². The molecule has 1 saturated heterocycles. The number of carbonyl (C=O) groups is 1. The van der Waals surface area contributed by atoms with Crippen LogP contribution in [-0.4, -0.2) is 39.1 Å². The van der Waals surface area contributed by atoms with Crippen LogP contribution < -0.4 is 10.9 Å². The number of fused-ring (bicyclic) bond motifs is 1. The van der Waals surface area contributed by atoms with Gasteiger partial charge < -0.3 is 10.4 Å². The molecule has 7 heteroatoms. The lowest BCUT2D eigenvalue weighted by Gasteiger charge is -2.28. The summed E-state index contributed by atoms with van der Waals surface area (Å²) in [4.78, 5) is 29.1. The smallest absolute Gasteiger partial charge is 0.261 e. The van der Waals surface area contributed by atoms with Gasteiger partial charge in [0, 0.05) is 17.5 Å². The number of aliphatic hydroxyl groups excluding tert-OH is 1. The van der Waals surface area contributed by atoms with E-state index in [1.807, 2.05) is 6.92 Å². The first kappa shape index (κ1) is 17.1. The van der Waals surface area contributed by atoms with Crippen LogP contribution in [0.2, 0.25) is 5.02 Å². The first-order valence-corrected chi connectivity index (χ1v) is 8.42. The predicted octanol–water partition coefficient (Wildman–Crippen LogP) is 1.43. The van der Waals surface area contributed by atoms with Crippen LogP contribution in [0.15, 0.2) is 23.3 Å². The number of hydrogen-bond donors (Lipinski definition) is 2. The number of Topliss-reactive ketones (excluding diaryl/α,β-unsaturated/α-hetero) is 1. The Morgan fingerprint density at radius 1 is 1.50 bits per heavy atom. The van der Waals surface area contributed by atoms with E-state index >= 15 is 0 Å². The number of piperidine rings is 1. The Morgan fingerprint density at radius 3 is 3.04 bits per heavy atom. The zero-order valence-corrected chi connectivity index (χ0v) is 14.2. The standard InChI is InChI=1S/C17H20ClN3O3/c1-10-13(18)5-4-12-16(10)20-9-21(17(12)24)8-11(22)7-14-15(23)3-2-6-19-14/h4-5,9,14-15,19,23H,2-3,6-8H2,1H3/t14-,15+/m1/s1. The number of rotatable bonds is 4. The number of ketones is 1. The molecule has 0 saturated carbocycles. The molecule has 0 amide bonds. The maximum atomic E-state index is 12.5. The average molecular weight is 350 g/mol. The summed E-state index contributed by atoms with van der Waals surface area (Å²) in [5.74, 6) is -0.109. The fourth-order valence-electron chi connectivity index (χ4n) is 3.11. The van der Waals surface area contributed by atoms with Crippen LogP contribution in [0.4, 0.5) is 0 Å². The van der Waals surface area contributed by atoms with Crippen LogP contribution in [0.1, 0.15) is 24.8 Å². The number of nitrogens with one attached hydrogen (secondary N) is 1. The molecule has 1 aromatic carbocycles. The molecule has 6 nitrogen and oxygen atoms in total. The number of carbonyl (C=O) groups excluding carboxylic acids is 1. The van der Waals surface area contributed by atoms with Crippen LogP contribution >= 0.6 is 11.6 Å². The largest absolute Gasteiger partial charge is 0.391 e. The highest BCUT2D eigenvalue weighted by atomic mass is 35.5. The van der Waals surface area contributed by atoms with E-state index in [0.29, 0.717) is 22.3 Å². The average Bonchev–Trinajstić information content (AvgIpc) is 2.56. The molecule has 24 heavy (non-hydrogen) atoms.